The van der Waals surface area contributed by atoms with Crippen molar-refractivity contribution in [3.05, 3.63) is 58.9 Å². The number of para-hydroxylation sites is 2. The molecule has 1 heterocycles. The van der Waals surface area contributed by atoms with Gasteiger partial charge in [-0.25, -0.2) is 9.78 Å². The Morgan fingerprint density at radius 2 is 1.78 bits per heavy atom. The van der Waals surface area contributed by atoms with Crippen molar-refractivity contribution in [1.29, 1.82) is 0 Å². The lowest BCUT2D eigenvalue weighted by Gasteiger charge is -2.14. The largest absolute Gasteiger partial charge is 0.573 e. The summed E-state index contributed by atoms with van der Waals surface area (Å²) in [5.74, 6) is -0.491. The van der Waals surface area contributed by atoms with Crippen LogP contribution in [-0.4, -0.2) is 17.4 Å². The molecule has 2 N–H and O–H groups in total. The number of alkyl halides is 3. The van der Waals surface area contributed by atoms with Gasteiger partial charge in [0.2, 0.25) is 0 Å². The molecule has 0 radical (unpaired) electrons. The van der Waals surface area contributed by atoms with Gasteiger partial charge >= 0.3 is 12.4 Å². The van der Waals surface area contributed by atoms with Gasteiger partial charge in [0.15, 0.2) is 5.75 Å². The summed E-state index contributed by atoms with van der Waals surface area (Å²) in [4.78, 5) is 16.5. The van der Waals surface area contributed by atoms with Crippen LogP contribution in [0.25, 0.3) is 11.3 Å². The minimum atomic E-state index is -4.85. The molecule has 3 rings (SSSR count). The van der Waals surface area contributed by atoms with E-state index < -0.39 is 18.1 Å². The maximum atomic E-state index is 12.4. The Balaban J connectivity index is 1.66. The first-order valence-corrected chi connectivity index (χ1v) is 8.63. The summed E-state index contributed by atoms with van der Waals surface area (Å²) >= 11 is 1.54. The molecule has 0 aliphatic carbocycles. The molecule has 2 amide bonds. The van der Waals surface area contributed by atoms with Gasteiger partial charge in [-0.05, 0) is 31.2 Å². The van der Waals surface area contributed by atoms with Crippen LogP contribution in [0, 0.1) is 6.92 Å². The van der Waals surface area contributed by atoms with Gasteiger partial charge in [0.1, 0.15) is 0 Å². The Labute approximate surface area is 156 Å². The van der Waals surface area contributed by atoms with Crippen LogP contribution in [0.1, 0.15) is 5.01 Å². The number of ether oxygens (including phenoxy) is 1. The molecule has 5 nitrogen and oxygen atoms in total. The second-order valence-electron chi connectivity index (χ2n) is 5.45. The number of nitrogens with one attached hydrogen (secondary N) is 2. The third kappa shape index (κ3) is 5.20. The number of hydrogen-bond acceptors (Lipinski definition) is 4. The molecule has 0 atom stereocenters. The van der Waals surface area contributed by atoms with Crippen LogP contribution in [0.15, 0.2) is 53.9 Å². The summed E-state index contributed by atoms with van der Waals surface area (Å²) in [6, 6.07) is 11.6. The third-order valence-corrected chi connectivity index (χ3v) is 4.19. The van der Waals surface area contributed by atoms with Crippen LogP contribution in [-0.2, 0) is 0 Å². The molecule has 1 aromatic heterocycles. The fraction of sp³-hybridized carbons (Fsp3) is 0.111. The number of amides is 2. The molecule has 0 aliphatic rings. The molecule has 0 unspecified atom stereocenters. The maximum absolute atomic E-state index is 12.4. The van der Waals surface area contributed by atoms with Crippen molar-refractivity contribution in [2.75, 3.05) is 10.6 Å². The van der Waals surface area contributed by atoms with Crippen molar-refractivity contribution in [3.63, 3.8) is 0 Å². The third-order valence-electron chi connectivity index (χ3n) is 3.42. The van der Waals surface area contributed by atoms with E-state index in [2.05, 4.69) is 20.4 Å². The monoisotopic (exact) mass is 393 g/mol. The van der Waals surface area contributed by atoms with Crippen molar-refractivity contribution in [3.8, 4) is 17.0 Å². The van der Waals surface area contributed by atoms with E-state index in [-0.39, 0.29) is 5.69 Å². The minimum Gasteiger partial charge on any atom is -0.404 e. The number of rotatable bonds is 4. The lowest BCUT2D eigenvalue weighted by atomic mass is 10.1. The summed E-state index contributed by atoms with van der Waals surface area (Å²) in [6.45, 7) is 1.91. The van der Waals surface area contributed by atoms with Gasteiger partial charge in [0.05, 0.1) is 16.4 Å². The maximum Gasteiger partial charge on any atom is 0.573 e. The summed E-state index contributed by atoms with van der Waals surface area (Å²) < 4.78 is 41.2. The molecule has 27 heavy (non-hydrogen) atoms. The number of thiazole rings is 1. The molecule has 0 aliphatic heterocycles. The van der Waals surface area contributed by atoms with Gasteiger partial charge in [0, 0.05) is 16.6 Å². The molecule has 140 valence electrons. The molecule has 0 bridgehead atoms. The number of hydrogen-bond donors (Lipinski definition) is 2. The first kappa shape index (κ1) is 18.7. The molecular weight excluding hydrogens is 379 g/mol. The van der Waals surface area contributed by atoms with Crippen LogP contribution < -0.4 is 15.4 Å². The van der Waals surface area contributed by atoms with E-state index in [0.29, 0.717) is 5.69 Å². The van der Waals surface area contributed by atoms with Crippen LogP contribution >= 0.6 is 11.3 Å². The number of anilines is 2. The summed E-state index contributed by atoms with van der Waals surface area (Å²) in [5.41, 5.74) is 2.13. The highest BCUT2D eigenvalue weighted by Crippen LogP contribution is 2.30. The second kappa shape index (κ2) is 7.67. The number of carbonyl (C=O) groups is 1. The summed E-state index contributed by atoms with van der Waals surface area (Å²) in [6.07, 6.45) is -4.85. The Morgan fingerprint density at radius 1 is 1.07 bits per heavy atom. The SMILES string of the molecule is Cc1nc(-c2ccc(NC(=O)Nc3ccccc3OC(F)(F)F)cc2)cs1. The summed E-state index contributed by atoms with van der Waals surface area (Å²) in [7, 11) is 0. The highest BCUT2D eigenvalue weighted by molar-refractivity contribution is 7.09. The minimum absolute atomic E-state index is 0.0955. The predicted molar refractivity (Wildman–Crippen MR) is 98.1 cm³/mol. The van der Waals surface area contributed by atoms with E-state index in [1.165, 1.54) is 29.5 Å². The number of aromatic nitrogens is 1. The van der Waals surface area contributed by atoms with E-state index >= 15 is 0 Å². The Bertz CT molecular complexity index is 940. The van der Waals surface area contributed by atoms with Crippen molar-refractivity contribution >= 4 is 28.7 Å². The smallest absolute Gasteiger partial charge is 0.404 e. The van der Waals surface area contributed by atoms with E-state index in [9.17, 15) is 18.0 Å². The zero-order valence-electron chi connectivity index (χ0n) is 14.0. The molecule has 0 saturated carbocycles. The quantitative estimate of drug-likeness (QED) is 0.601. The molecule has 0 saturated heterocycles. The predicted octanol–water partition coefficient (Wildman–Crippen LogP) is 5.66. The highest BCUT2D eigenvalue weighted by atomic mass is 32.1. The average Bonchev–Trinajstić information content (AvgIpc) is 3.02. The highest BCUT2D eigenvalue weighted by Gasteiger charge is 2.32. The molecular formula is C18H14F3N3O2S. The van der Waals surface area contributed by atoms with Crippen LogP contribution in [0.4, 0.5) is 29.3 Å². The fourth-order valence-electron chi connectivity index (χ4n) is 2.29. The van der Waals surface area contributed by atoms with Crippen LogP contribution in [0.5, 0.6) is 5.75 Å². The Morgan fingerprint density at radius 3 is 2.41 bits per heavy atom. The van der Waals surface area contributed by atoms with E-state index in [0.717, 1.165) is 22.3 Å². The molecule has 9 heteroatoms. The van der Waals surface area contributed by atoms with E-state index in [1.54, 1.807) is 24.3 Å². The lowest BCUT2D eigenvalue weighted by Crippen LogP contribution is -2.22. The van der Waals surface area contributed by atoms with Gasteiger partial charge in [-0.3, -0.25) is 0 Å². The Hall–Kier alpha value is -3.07. The summed E-state index contributed by atoms with van der Waals surface area (Å²) in [5, 5.41) is 7.79. The topological polar surface area (TPSA) is 63.2 Å². The van der Waals surface area contributed by atoms with Crippen molar-refractivity contribution in [2.45, 2.75) is 13.3 Å². The van der Waals surface area contributed by atoms with E-state index in [4.69, 9.17) is 0 Å². The second-order valence-corrected chi connectivity index (χ2v) is 6.51. The molecule has 0 fully saturated rings. The van der Waals surface area contributed by atoms with Gasteiger partial charge in [-0.1, -0.05) is 24.3 Å². The van der Waals surface area contributed by atoms with E-state index in [1.807, 2.05) is 12.3 Å². The Kier molecular flexibility index (Phi) is 5.31. The number of halogens is 3. The first-order valence-electron chi connectivity index (χ1n) is 7.75. The molecule has 0 spiro atoms. The van der Waals surface area contributed by atoms with Crippen LogP contribution in [0.2, 0.25) is 0 Å². The average molecular weight is 393 g/mol. The number of urea groups is 1. The number of aryl methyl sites for hydroxylation is 1. The van der Waals surface area contributed by atoms with Gasteiger partial charge < -0.3 is 15.4 Å². The number of benzene rings is 2. The van der Waals surface area contributed by atoms with Crippen molar-refractivity contribution in [1.82, 2.24) is 4.98 Å². The van der Waals surface area contributed by atoms with Gasteiger partial charge in [0.25, 0.3) is 0 Å². The molecule has 2 aromatic carbocycles. The van der Waals surface area contributed by atoms with Gasteiger partial charge in [-0.15, -0.1) is 24.5 Å². The number of carbonyl (C=O) groups excluding carboxylic acids is 1. The van der Waals surface area contributed by atoms with Crippen molar-refractivity contribution < 1.29 is 22.7 Å². The normalized spacial score (nSPS) is 11.1. The lowest BCUT2D eigenvalue weighted by molar-refractivity contribution is -0.274. The standard InChI is InChI=1S/C18H14F3N3O2S/c1-11-22-15(10-27-11)12-6-8-13(9-7-12)23-17(25)24-14-4-2-3-5-16(14)26-18(19,20)21/h2-10H,1H3,(H2,23,24,25). The zero-order valence-corrected chi connectivity index (χ0v) is 14.8. The molecule has 3 aromatic rings. The zero-order chi connectivity index (χ0) is 19.4. The van der Waals surface area contributed by atoms with Crippen molar-refractivity contribution in [2.24, 2.45) is 0 Å². The fourth-order valence-corrected chi connectivity index (χ4v) is 2.91. The van der Waals surface area contributed by atoms with Gasteiger partial charge in [-0.2, -0.15) is 0 Å². The number of nitrogens with zero attached hydrogens (tertiary/aromatic N) is 1. The first-order chi connectivity index (χ1) is 12.8. The van der Waals surface area contributed by atoms with Crippen LogP contribution in [0.3, 0.4) is 0 Å².